The third-order valence-electron chi connectivity index (χ3n) is 2.50. The lowest BCUT2D eigenvalue weighted by atomic mass is 10.1. The lowest BCUT2D eigenvalue weighted by Crippen LogP contribution is -2.05. The average Bonchev–Trinajstić information content (AvgIpc) is 2.96. The van der Waals surface area contributed by atoms with E-state index in [2.05, 4.69) is 0 Å². The number of hydrogen-bond donors (Lipinski definition) is 0. The minimum absolute atomic E-state index is 0.348. The fraction of sp³-hybridized carbons (Fsp3) is 0.400. The Kier molecular flexibility index (Phi) is 2.01. The zero-order valence-electron chi connectivity index (χ0n) is 7.50. The van der Waals surface area contributed by atoms with E-state index >= 15 is 0 Å². The molecule has 0 amide bonds. The number of halogens is 4. The highest BCUT2D eigenvalue weighted by atomic mass is 19.2. The van der Waals surface area contributed by atoms with Gasteiger partial charge in [0.2, 0.25) is 0 Å². The lowest BCUT2D eigenvalue weighted by molar-refractivity contribution is 0.431. The van der Waals surface area contributed by atoms with Gasteiger partial charge in [0.25, 0.3) is 0 Å². The third kappa shape index (κ3) is 1.21. The van der Waals surface area contributed by atoms with Gasteiger partial charge in [-0.15, -0.1) is 0 Å². The molecule has 0 nitrogen and oxygen atoms in total. The van der Waals surface area contributed by atoms with Gasteiger partial charge in [-0.3, -0.25) is 0 Å². The third-order valence-corrected chi connectivity index (χ3v) is 2.50. The van der Waals surface area contributed by atoms with E-state index in [9.17, 15) is 17.6 Å². The second-order valence-corrected chi connectivity index (χ2v) is 3.57. The van der Waals surface area contributed by atoms with Crippen LogP contribution in [0.2, 0.25) is 0 Å². The Bertz CT molecular complexity index is 365. The van der Waals surface area contributed by atoms with Crippen molar-refractivity contribution in [2.45, 2.75) is 25.7 Å². The van der Waals surface area contributed by atoms with Gasteiger partial charge in [-0.1, -0.05) is 0 Å². The predicted molar refractivity (Wildman–Crippen MR) is 43.0 cm³/mol. The van der Waals surface area contributed by atoms with Gasteiger partial charge in [0, 0.05) is 11.1 Å². The van der Waals surface area contributed by atoms with E-state index in [1.807, 2.05) is 0 Å². The summed E-state index contributed by atoms with van der Waals surface area (Å²) in [5.74, 6) is -5.36. The van der Waals surface area contributed by atoms with E-state index in [1.165, 1.54) is 0 Å². The molecule has 0 heterocycles. The van der Waals surface area contributed by atoms with E-state index in [-0.39, 0.29) is 5.92 Å². The average molecular weight is 204 g/mol. The van der Waals surface area contributed by atoms with Gasteiger partial charge in [-0.2, -0.15) is 0 Å². The summed E-state index contributed by atoms with van der Waals surface area (Å²) in [5, 5.41) is 0. The molecule has 0 unspecified atom stereocenters. The van der Waals surface area contributed by atoms with Crippen molar-refractivity contribution in [3.05, 3.63) is 34.4 Å². The molecule has 0 atom stereocenters. The van der Waals surface area contributed by atoms with Gasteiger partial charge in [-0.05, 0) is 25.7 Å². The molecule has 2 rings (SSSR count). The molecular weight excluding hydrogens is 196 g/mol. The predicted octanol–water partition coefficient (Wildman–Crippen LogP) is 3.43. The van der Waals surface area contributed by atoms with Crippen molar-refractivity contribution in [3.63, 3.8) is 0 Å². The zero-order chi connectivity index (χ0) is 10.5. The van der Waals surface area contributed by atoms with Crippen molar-refractivity contribution >= 4 is 0 Å². The molecule has 1 aromatic rings. The molecule has 1 aromatic carbocycles. The van der Waals surface area contributed by atoms with Crippen molar-refractivity contribution in [3.8, 4) is 0 Å². The monoisotopic (exact) mass is 204 g/mol. The summed E-state index contributed by atoms with van der Waals surface area (Å²) in [5.41, 5.74) is -1.02. The van der Waals surface area contributed by atoms with Crippen LogP contribution in [0.3, 0.4) is 0 Å². The summed E-state index contributed by atoms with van der Waals surface area (Å²) >= 11 is 0. The second kappa shape index (κ2) is 2.97. The molecule has 0 aliphatic heterocycles. The van der Waals surface area contributed by atoms with Gasteiger partial charge in [0.05, 0.1) is 0 Å². The topological polar surface area (TPSA) is 0 Å². The van der Waals surface area contributed by atoms with E-state index < -0.39 is 34.4 Å². The molecule has 1 fully saturated rings. The van der Waals surface area contributed by atoms with Crippen LogP contribution in [0, 0.1) is 30.2 Å². The first-order chi connectivity index (χ1) is 6.54. The van der Waals surface area contributed by atoms with Crippen LogP contribution >= 0.6 is 0 Å². The normalized spacial score (nSPS) is 16.1. The molecule has 76 valence electrons. The molecule has 0 radical (unpaired) electrons. The fourth-order valence-corrected chi connectivity index (χ4v) is 1.49. The molecule has 14 heavy (non-hydrogen) atoms. The minimum Gasteiger partial charge on any atom is -0.203 e. The molecule has 1 saturated carbocycles. The highest BCUT2D eigenvalue weighted by molar-refractivity contribution is 5.33. The Balaban J connectivity index is 2.69. The van der Waals surface area contributed by atoms with Gasteiger partial charge in [-0.25, -0.2) is 17.6 Å². The van der Waals surface area contributed by atoms with E-state index in [1.54, 1.807) is 0 Å². The van der Waals surface area contributed by atoms with Crippen LogP contribution in [0.4, 0.5) is 17.6 Å². The summed E-state index contributed by atoms with van der Waals surface area (Å²) in [6.45, 7) is 1.02. The molecule has 4 heteroatoms. The Morgan fingerprint density at radius 3 is 1.64 bits per heavy atom. The van der Waals surface area contributed by atoms with Crippen LogP contribution in [0.15, 0.2) is 0 Å². The van der Waals surface area contributed by atoms with Crippen molar-refractivity contribution in [1.82, 2.24) is 0 Å². The summed E-state index contributed by atoms with van der Waals surface area (Å²) < 4.78 is 52.5. The number of rotatable bonds is 1. The fourth-order valence-electron chi connectivity index (χ4n) is 1.49. The summed E-state index contributed by atoms with van der Waals surface area (Å²) in [6, 6.07) is 0. The Morgan fingerprint density at radius 1 is 0.857 bits per heavy atom. The molecule has 1 aliphatic carbocycles. The largest absolute Gasteiger partial charge is 0.203 e. The standard InChI is InChI=1S/C10H8F4/c1-4-7(11)9(13)6(5-2-3-5)10(14)8(4)12/h5H,2-3H2,1H3. The maximum atomic E-state index is 13.2. The first-order valence-corrected chi connectivity index (χ1v) is 4.36. The van der Waals surface area contributed by atoms with Crippen LogP contribution < -0.4 is 0 Å². The first kappa shape index (κ1) is 9.49. The maximum absolute atomic E-state index is 13.2. The second-order valence-electron chi connectivity index (χ2n) is 3.57. The molecule has 0 saturated heterocycles. The molecular formula is C10H8F4. The Hall–Kier alpha value is -1.06. The number of benzene rings is 1. The summed E-state index contributed by atoms with van der Waals surface area (Å²) in [7, 11) is 0. The van der Waals surface area contributed by atoms with Gasteiger partial charge < -0.3 is 0 Å². The van der Waals surface area contributed by atoms with Crippen molar-refractivity contribution in [2.75, 3.05) is 0 Å². The summed E-state index contributed by atoms with van der Waals surface area (Å²) in [4.78, 5) is 0. The number of hydrogen-bond acceptors (Lipinski definition) is 0. The highest BCUT2D eigenvalue weighted by Crippen LogP contribution is 2.44. The lowest BCUT2D eigenvalue weighted by Gasteiger charge is -2.08. The molecule has 0 bridgehead atoms. The minimum atomic E-state index is -1.27. The first-order valence-electron chi connectivity index (χ1n) is 4.36. The van der Waals surface area contributed by atoms with Crippen LogP contribution in [-0.2, 0) is 0 Å². The van der Waals surface area contributed by atoms with Crippen LogP contribution in [0.5, 0.6) is 0 Å². The van der Waals surface area contributed by atoms with Crippen LogP contribution in [0.1, 0.15) is 29.9 Å². The zero-order valence-corrected chi connectivity index (χ0v) is 7.50. The van der Waals surface area contributed by atoms with Crippen molar-refractivity contribution in [1.29, 1.82) is 0 Å². The van der Waals surface area contributed by atoms with E-state index in [4.69, 9.17) is 0 Å². The van der Waals surface area contributed by atoms with Crippen molar-refractivity contribution < 1.29 is 17.6 Å². The SMILES string of the molecule is Cc1c(F)c(F)c(C2CC2)c(F)c1F. The van der Waals surface area contributed by atoms with Gasteiger partial charge in [0.1, 0.15) is 0 Å². The van der Waals surface area contributed by atoms with Crippen molar-refractivity contribution in [2.24, 2.45) is 0 Å². The Morgan fingerprint density at radius 2 is 1.29 bits per heavy atom. The summed E-state index contributed by atoms with van der Waals surface area (Å²) in [6.07, 6.45) is 1.19. The van der Waals surface area contributed by atoms with E-state index in [0.717, 1.165) is 6.92 Å². The van der Waals surface area contributed by atoms with Crippen LogP contribution in [-0.4, -0.2) is 0 Å². The van der Waals surface area contributed by atoms with E-state index in [0.29, 0.717) is 12.8 Å². The van der Waals surface area contributed by atoms with Gasteiger partial charge >= 0.3 is 0 Å². The maximum Gasteiger partial charge on any atom is 0.165 e. The quantitative estimate of drug-likeness (QED) is 0.485. The highest BCUT2D eigenvalue weighted by Gasteiger charge is 2.34. The molecule has 0 N–H and O–H groups in total. The van der Waals surface area contributed by atoms with Crippen LogP contribution in [0.25, 0.3) is 0 Å². The molecule has 0 aromatic heterocycles. The molecule has 1 aliphatic rings. The Labute approximate surface area is 78.5 Å². The smallest absolute Gasteiger partial charge is 0.165 e. The molecule has 0 spiro atoms. The van der Waals surface area contributed by atoms with Gasteiger partial charge in [0.15, 0.2) is 23.3 Å².